The van der Waals surface area contributed by atoms with E-state index in [4.69, 9.17) is 9.47 Å². The molecule has 184 valence electrons. The van der Waals surface area contributed by atoms with Gasteiger partial charge in [-0.15, -0.1) is 0 Å². The molecule has 1 saturated carbocycles. The zero-order valence-electron chi connectivity index (χ0n) is 19.6. The van der Waals surface area contributed by atoms with Gasteiger partial charge in [0.1, 0.15) is 0 Å². The number of pyridine rings is 1. The van der Waals surface area contributed by atoms with Crippen molar-refractivity contribution < 1.29 is 27.4 Å². The summed E-state index contributed by atoms with van der Waals surface area (Å²) in [6.45, 7) is 6.09. The topological polar surface area (TPSA) is 63.7 Å². The monoisotopic (exact) mass is 469 g/mol. The quantitative estimate of drug-likeness (QED) is 0.714. The van der Waals surface area contributed by atoms with Gasteiger partial charge in [0, 0.05) is 57.2 Å². The first-order valence-electron chi connectivity index (χ1n) is 11.8. The van der Waals surface area contributed by atoms with Gasteiger partial charge in [0.25, 0.3) is 0 Å². The first-order valence-corrected chi connectivity index (χ1v) is 11.8. The van der Waals surface area contributed by atoms with E-state index in [2.05, 4.69) is 24.1 Å². The molecule has 1 amide bonds. The molecule has 0 unspecified atom stereocenters. The molecule has 9 heteroatoms. The van der Waals surface area contributed by atoms with E-state index in [0.29, 0.717) is 37.4 Å². The van der Waals surface area contributed by atoms with Gasteiger partial charge in [0.15, 0.2) is 0 Å². The van der Waals surface area contributed by atoms with Crippen molar-refractivity contribution in [2.75, 3.05) is 26.9 Å². The molecule has 1 aromatic rings. The number of carbonyl (C=O) groups is 1. The van der Waals surface area contributed by atoms with Crippen molar-refractivity contribution in [3.8, 4) is 0 Å². The number of hydrogen-bond donors (Lipinski definition) is 1. The number of nitrogens with one attached hydrogen (secondary N) is 1. The second kappa shape index (κ2) is 9.50. The fraction of sp³-hybridized carbons (Fsp3) is 0.750. The van der Waals surface area contributed by atoms with Crippen LogP contribution in [0, 0.1) is 11.3 Å². The zero-order valence-corrected chi connectivity index (χ0v) is 19.6. The Kier molecular flexibility index (Phi) is 7.03. The predicted octanol–water partition coefficient (Wildman–Crippen LogP) is 3.57. The Labute approximate surface area is 193 Å². The molecule has 1 aromatic heterocycles. The number of carbonyl (C=O) groups excluding carboxylic acids is 1. The zero-order chi connectivity index (χ0) is 23.8. The molecule has 3 heterocycles. The maximum Gasteiger partial charge on any atom is 0.417 e. The molecule has 1 saturated heterocycles. The van der Waals surface area contributed by atoms with Crippen LogP contribution in [-0.2, 0) is 33.4 Å². The van der Waals surface area contributed by atoms with Crippen molar-refractivity contribution >= 4 is 5.91 Å². The number of methoxy groups -OCH3 is 1. The Bertz CT molecular complexity index is 863. The number of fused-ring (bicyclic) bond motifs is 1. The van der Waals surface area contributed by atoms with Crippen LogP contribution in [0.5, 0.6) is 0 Å². The summed E-state index contributed by atoms with van der Waals surface area (Å²) >= 11 is 0. The van der Waals surface area contributed by atoms with Crippen LogP contribution in [-0.4, -0.2) is 60.8 Å². The number of aromatic nitrogens is 1. The van der Waals surface area contributed by atoms with E-state index in [0.717, 1.165) is 37.9 Å². The van der Waals surface area contributed by atoms with Crippen molar-refractivity contribution in [3.05, 3.63) is 29.1 Å². The summed E-state index contributed by atoms with van der Waals surface area (Å²) in [4.78, 5) is 19.6. The molecule has 1 N–H and O–H groups in total. The van der Waals surface area contributed by atoms with Crippen LogP contribution in [0.25, 0.3) is 0 Å². The van der Waals surface area contributed by atoms with Crippen LogP contribution in [0.4, 0.5) is 13.2 Å². The van der Waals surface area contributed by atoms with Crippen LogP contribution in [0.3, 0.4) is 0 Å². The standard InChI is InChI=1S/C24H34F3N3O3/c1-15(2)23(7-4-18(11-23)29-20-6-9-33-14-21(20)32-3)22(31)30-8-5-19-16(13-30)10-17(12-28-19)24(25,26)27/h10,12,15,18,20-21,29H,4-9,11,13-14H2,1-3H3/t18-,20+,21+,23+/m1/s1. The summed E-state index contributed by atoms with van der Waals surface area (Å²) in [5.74, 6) is 0.186. The summed E-state index contributed by atoms with van der Waals surface area (Å²) in [6.07, 6.45) is 0.180. The molecule has 4 atom stereocenters. The lowest BCUT2D eigenvalue weighted by molar-refractivity contribution is -0.146. The van der Waals surface area contributed by atoms with Gasteiger partial charge < -0.3 is 19.7 Å². The molecule has 0 aromatic carbocycles. The Balaban J connectivity index is 1.48. The third-order valence-corrected chi connectivity index (χ3v) is 7.79. The number of hydrogen-bond acceptors (Lipinski definition) is 5. The summed E-state index contributed by atoms with van der Waals surface area (Å²) in [6, 6.07) is 1.55. The molecule has 2 fully saturated rings. The highest BCUT2D eigenvalue weighted by molar-refractivity contribution is 5.83. The highest BCUT2D eigenvalue weighted by Crippen LogP contribution is 2.47. The van der Waals surface area contributed by atoms with Crippen molar-refractivity contribution in [1.82, 2.24) is 15.2 Å². The van der Waals surface area contributed by atoms with Gasteiger partial charge in [-0.1, -0.05) is 13.8 Å². The van der Waals surface area contributed by atoms with Crippen molar-refractivity contribution in [2.24, 2.45) is 11.3 Å². The summed E-state index contributed by atoms with van der Waals surface area (Å²) in [7, 11) is 1.69. The van der Waals surface area contributed by atoms with Gasteiger partial charge in [-0.3, -0.25) is 9.78 Å². The fourth-order valence-corrected chi connectivity index (χ4v) is 5.69. The predicted molar refractivity (Wildman–Crippen MR) is 116 cm³/mol. The molecule has 0 spiro atoms. The Morgan fingerprint density at radius 3 is 2.85 bits per heavy atom. The lowest BCUT2D eigenvalue weighted by Gasteiger charge is -2.40. The second-order valence-corrected chi connectivity index (χ2v) is 9.97. The first kappa shape index (κ1) is 24.4. The lowest BCUT2D eigenvalue weighted by atomic mass is 9.74. The summed E-state index contributed by atoms with van der Waals surface area (Å²) < 4.78 is 50.6. The molecule has 2 aliphatic heterocycles. The number of alkyl halides is 3. The van der Waals surface area contributed by atoms with E-state index in [1.165, 1.54) is 0 Å². The Morgan fingerprint density at radius 2 is 2.15 bits per heavy atom. The van der Waals surface area contributed by atoms with Crippen LogP contribution in [0.1, 0.15) is 56.4 Å². The minimum Gasteiger partial charge on any atom is -0.379 e. The van der Waals surface area contributed by atoms with Crippen LogP contribution >= 0.6 is 0 Å². The van der Waals surface area contributed by atoms with Crippen molar-refractivity contribution in [3.63, 3.8) is 0 Å². The van der Waals surface area contributed by atoms with Crippen LogP contribution < -0.4 is 5.32 Å². The van der Waals surface area contributed by atoms with E-state index in [1.54, 1.807) is 12.0 Å². The van der Waals surface area contributed by atoms with Gasteiger partial charge in [0.05, 0.1) is 23.7 Å². The fourth-order valence-electron chi connectivity index (χ4n) is 5.69. The van der Waals surface area contributed by atoms with Crippen molar-refractivity contribution in [2.45, 2.75) is 76.9 Å². The molecular formula is C24H34F3N3O3. The third kappa shape index (κ3) is 4.91. The third-order valence-electron chi connectivity index (χ3n) is 7.79. The number of amides is 1. The normalized spacial score (nSPS) is 30.5. The first-order chi connectivity index (χ1) is 15.6. The number of halogens is 3. The molecule has 33 heavy (non-hydrogen) atoms. The van der Waals surface area contributed by atoms with Gasteiger partial charge in [-0.25, -0.2) is 0 Å². The van der Waals surface area contributed by atoms with Crippen LogP contribution in [0.15, 0.2) is 12.3 Å². The van der Waals surface area contributed by atoms with E-state index < -0.39 is 17.2 Å². The van der Waals surface area contributed by atoms with Crippen LogP contribution in [0.2, 0.25) is 0 Å². The smallest absolute Gasteiger partial charge is 0.379 e. The lowest BCUT2D eigenvalue weighted by Crippen LogP contribution is -2.52. The highest BCUT2D eigenvalue weighted by Gasteiger charge is 2.50. The highest BCUT2D eigenvalue weighted by atomic mass is 19.4. The van der Waals surface area contributed by atoms with Gasteiger partial charge >= 0.3 is 6.18 Å². The second-order valence-electron chi connectivity index (χ2n) is 9.97. The van der Waals surface area contributed by atoms with Gasteiger partial charge in [-0.05, 0) is 43.2 Å². The average Bonchev–Trinajstić information content (AvgIpc) is 3.23. The maximum atomic E-state index is 13.8. The average molecular weight is 470 g/mol. The van der Waals surface area contributed by atoms with Gasteiger partial charge in [-0.2, -0.15) is 13.2 Å². The maximum absolute atomic E-state index is 13.8. The number of ether oxygens (including phenoxy) is 2. The van der Waals surface area contributed by atoms with E-state index >= 15 is 0 Å². The van der Waals surface area contributed by atoms with E-state index in [1.807, 2.05) is 0 Å². The van der Waals surface area contributed by atoms with E-state index in [9.17, 15) is 18.0 Å². The minimum atomic E-state index is -4.44. The van der Waals surface area contributed by atoms with Gasteiger partial charge in [0.2, 0.25) is 5.91 Å². The molecular weight excluding hydrogens is 435 g/mol. The molecule has 0 bridgehead atoms. The molecule has 0 radical (unpaired) electrons. The Morgan fingerprint density at radius 1 is 1.36 bits per heavy atom. The number of nitrogens with zero attached hydrogens (tertiary/aromatic N) is 2. The molecule has 3 aliphatic rings. The number of rotatable bonds is 5. The molecule has 4 rings (SSSR count). The molecule has 6 nitrogen and oxygen atoms in total. The largest absolute Gasteiger partial charge is 0.417 e. The SMILES string of the molecule is CO[C@H]1COCC[C@@H]1N[C@@H]1CC[C@@](C(=O)N2CCc3ncc(C(F)(F)F)cc3C2)(C(C)C)C1. The summed E-state index contributed by atoms with van der Waals surface area (Å²) in [5.41, 5.74) is -0.121. The van der Waals surface area contributed by atoms with Crippen molar-refractivity contribution in [1.29, 1.82) is 0 Å². The van der Waals surface area contributed by atoms with E-state index in [-0.39, 0.29) is 36.6 Å². The summed E-state index contributed by atoms with van der Waals surface area (Å²) in [5, 5.41) is 3.72. The molecule has 1 aliphatic carbocycles. The minimum absolute atomic E-state index is 0.00238. The Hall–Kier alpha value is -1.71.